The summed E-state index contributed by atoms with van der Waals surface area (Å²) in [5.41, 5.74) is 5.72. The lowest BCUT2D eigenvalue weighted by Gasteiger charge is -2.29. The summed E-state index contributed by atoms with van der Waals surface area (Å²) in [6, 6.07) is 73.0. The number of carbonyl (C=O) groups is 8. The quantitative estimate of drug-likeness (QED) is 0.0158. The van der Waals surface area contributed by atoms with Gasteiger partial charge in [0.05, 0.1) is 0 Å². The lowest BCUT2D eigenvalue weighted by atomic mass is 10.2. The average molecular weight is 1730 g/mol. The van der Waals surface area contributed by atoms with Gasteiger partial charge in [0.25, 0.3) is 0 Å². The minimum absolute atomic E-state index is 0.263. The first-order valence-electron chi connectivity index (χ1n) is 44.9. The van der Waals surface area contributed by atoms with E-state index in [1.165, 1.54) is 0 Å². The fourth-order valence-electron chi connectivity index (χ4n) is 14.4. The highest BCUT2D eigenvalue weighted by Crippen LogP contribution is 2.15. The lowest BCUT2D eigenvalue weighted by molar-refractivity contribution is 0.189. The Morgan fingerprint density at radius 2 is 0.246 bits per heavy atom. The number of amides is 16. The number of hydrogen-bond acceptors (Lipinski definition) is 14. The van der Waals surface area contributed by atoms with Gasteiger partial charge in [0.15, 0.2) is 0 Å². The Kier molecular flexibility index (Phi) is 49.3. The monoisotopic (exact) mass is 1730 g/mol. The van der Waals surface area contributed by atoms with Crippen LogP contribution in [0.25, 0.3) is 0 Å². The number of anilines is 8. The normalized spacial score (nSPS) is 11.1. The zero-order valence-corrected chi connectivity index (χ0v) is 73.3. The first kappa shape index (κ1) is 99.1. The maximum atomic E-state index is 13.0. The molecular weight excluding hydrogens is 1590 g/mol. The molecule has 0 radical (unpaired) electrons. The van der Waals surface area contributed by atoms with E-state index in [1.54, 1.807) is 0 Å². The number of unbranched alkanes of at least 4 members (excludes halogenated alkanes) is 1. The summed E-state index contributed by atoms with van der Waals surface area (Å²) >= 11 is 0. The molecule has 0 aliphatic rings. The topological polar surface area (TPSA) is 348 Å². The van der Waals surface area contributed by atoms with E-state index in [0.717, 1.165) is 208 Å². The highest BCUT2D eigenvalue weighted by Gasteiger charge is 2.18. The number of hydrogen-bond donors (Lipinski definition) is 16. The van der Waals surface area contributed by atoms with Gasteiger partial charge in [0.2, 0.25) is 0 Å². The summed E-state index contributed by atoms with van der Waals surface area (Å²) in [4.78, 5) is 119. The maximum Gasteiger partial charge on any atom is 0.319 e. The summed E-state index contributed by atoms with van der Waals surface area (Å²) < 4.78 is 0. The van der Waals surface area contributed by atoms with Crippen LogP contribution in [0.15, 0.2) is 243 Å². The zero-order valence-electron chi connectivity index (χ0n) is 73.3. The Balaban J connectivity index is 0.966. The summed E-state index contributed by atoms with van der Waals surface area (Å²) in [5.74, 6) is 0. The minimum Gasteiger partial charge on any atom is -0.338 e. The molecule has 0 fully saturated rings. The third-order valence-corrected chi connectivity index (χ3v) is 20.7. The van der Waals surface area contributed by atoms with Gasteiger partial charge in [-0.1, -0.05) is 146 Å². The van der Waals surface area contributed by atoms with E-state index >= 15 is 0 Å². The molecule has 16 N–H and O–H groups in total. The molecule has 30 nitrogen and oxygen atoms in total. The SMILES string of the molecule is O=C(NCCCN(CCCNC(=O)Nc1ccccc1)CCCN(CCCCN(CCCN(CCCNC(=O)Nc1ccccc1)CCCNC(=O)Nc1ccccc1)CCCN(CCCNC(=O)Nc1ccccc1)CCCNC(=O)Nc1ccccc1)CCCN(CCCNC(=O)Nc1ccccc1)CCCNC(=O)Nc1ccccc1)Nc1ccccc1. The van der Waals surface area contributed by atoms with Crippen molar-refractivity contribution < 1.29 is 38.4 Å². The van der Waals surface area contributed by atoms with Crippen LogP contribution in [0.5, 0.6) is 0 Å². The first-order chi connectivity index (χ1) is 61.8. The van der Waals surface area contributed by atoms with Crippen molar-refractivity contribution >= 4 is 93.7 Å². The van der Waals surface area contributed by atoms with Crippen LogP contribution in [0.3, 0.4) is 0 Å². The number of para-hydroxylation sites is 8. The summed E-state index contributed by atoms with van der Waals surface area (Å²) in [6.45, 7) is 18.0. The molecule has 8 aromatic carbocycles. The van der Waals surface area contributed by atoms with Crippen molar-refractivity contribution in [3.8, 4) is 0 Å². The van der Waals surface area contributed by atoms with Crippen LogP contribution in [0, 0.1) is 0 Å². The molecule has 8 rings (SSSR count). The molecule has 0 saturated carbocycles. The maximum absolute atomic E-state index is 13.0. The van der Waals surface area contributed by atoms with Crippen molar-refractivity contribution in [3.63, 3.8) is 0 Å². The molecule has 0 bridgehead atoms. The third kappa shape index (κ3) is 47.0. The molecule has 0 unspecified atom stereocenters. The van der Waals surface area contributed by atoms with Crippen LogP contribution >= 0.6 is 0 Å². The van der Waals surface area contributed by atoms with Gasteiger partial charge in [-0.2, -0.15) is 0 Å². The smallest absolute Gasteiger partial charge is 0.319 e. The van der Waals surface area contributed by atoms with Gasteiger partial charge < -0.3 is 114 Å². The van der Waals surface area contributed by atoms with E-state index in [2.05, 4.69) is 114 Å². The van der Waals surface area contributed by atoms with E-state index in [9.17, 15) is 38.4 Å². The van der Waals surface area contributed by atoms with Crippen molar-refractivity contribution in [2.24, 2.45) is 0 Å². The van der Waals surface area contributed by atoms with Crippen LogP contribution in [-0.4, -0.2) is 248 Å². The predicted octanol–water partition coefficient (Wildman–Crippen LogP) is 14.8. The summed E-state index contributed by atoms with van der Waals surface area (Å²) in [6.07, 6.45) is 11.1. The molecule has 126 heavy (non-hydrogen) atoms. The second kappa shape index (κ2) is 62.7. The molecule has 678 valence electrons. The Morgan fingerprint density at radius 1 is 0.143 bits per heavy atom. The molecule has 0 aliphatic heterocycles. The van der Waals surface area contributed by atoms with E-state index < -0.39 is 0 Å². The van der Waals surface area contributed by atoms with Crippen molar-refractivity contribution in [2.45, 2.75) is 89.9 Å². The molecule has 0 spiro atoms. The first-order valence-corrected chi connectivity index (χ1v) is 44.9. The van der Waals surface area contributed by atoms with Crippen molar-refractivity contribution in [1.29, 1.82) is 0 Å². The standard InChI is InChI=1S/C96H136N22O8/c119-89(105-81-39-9-1-10-40-81)97-55-27-65-115(66-28-56-98-90(120)106-82-41-11-2-12-42-82)77-35-73-113(74-36-78-116(67-29-57-99-91(121)107-83-43-13-3-14-44-83)68-30-58-100-92(122)108-84-45-15-4-16-46-84)63-25-26-64-114(75-37-79-117(69-31-59-101-93(123)109-85-47-17-5-18-48-85)70-32-60-102-94(124)110-86-49-19-6-20-50-86)76-38-80-118(71-33-61-103-95(125)111-87-51-21-7-22-52-87)72-34-62-104-96(126)112-88-53-23-8-24-54-88/h1-24,39-54H,25-38,55-80H2,(H2,97,105,119)(H2,98,106,120)(H2,99,107,121)(H2,100,108,122)(H2,101,109,123)(H2,102,110,124)(H2,103,111,125)(H2,104,112,126). The number of benzene rings is 8. The van der Waals surface area contributed by atoms with Crippen LogP contribution in [0.4, 0.5) is 83.9 Å². The molecule has 0 saturated heterocycles. The molecule has 0 atom stereocenters. The Bertz CT molecular complexity index is 3480. The minimum atomic E-state index is -0.263. The second-order valence-electron chi connectivity index (χ2n) is 31.0. The molecule has 0 aliphatic carbocycles. The fraction of sp³-hybridized carbons (Fsp3) is 0.417. The van der Waals surface area contributed by atoms with Crippen LogP contribution in [-0.2, 0) is 0 Å². The number of urea groups is 8. The number of carbonyl (C=O) groups excluding carboxylic acids is 8. The van der Waals surface area contributed by atoms with Crippen molar-refractivity contribution in [2.75, 3.05) is 213 Å². The molecule has 0 aromatic heterocycles. The highest BCUT2D eigenvalue weighted by atomic mass is 16.2. The van der Waals surface area contributed by atoms with E-state index in [4.69, 9.17) is 0 Å². The van der Waals surface area contributed by atoms with Gasteiger partial charge in [0, 0.05) is 97.9 Å². The number of nitrogens with zero attached hydrogens (tertiary/aromatic N) is 6. The largest absolute Gasteiger partial charge is 0.338 e. The summed E-state index contributed by atoms with van der Waals surface area (Å²) in [7, 11) is 0. The van der Waals surface area contributed by atoms with Gasteiger partial charge in [-0.15, -0.1) is 0 Å². The number of nitrogens with one attached hydrogen (secondary N) is 16. The fourth-order valence-corrected chi connectivity index (χ4v) is 14.4. The average Bonchev–Trinajstić information content (AvgIpc) is 0.957. The predicted molar refractivity (Wildman–Crippen MR) is 511 cm³/mol. The summed E-state index contributed by atoms with van der Waals surface area (Å²) in [5, 5.41) is 47.7. The van der Waals surface area contributed by atoms with Gasteiger partial charge in [-0.3, -0.25) is 0 Å². The van der Waals surface area contributed by atoms with Gasteiger partial charge in [-0.05, 0) is 305 Å². The molecule has 0 heterocycles. The third-order valence-electron chi connectivity index (χ3n) is 20.7. The molecule has 16 amide bonds. The molecule has 30 heteroatoms. The van der Waals surface area contributed by atoms with Gasteiger partial charge in [0.1, 0.15) is 0 Å². The van der Waals surface area contributed by atoms with Gasteiger partial charge >= 0.3 is 48.2 Å². The van der Waals surface area contributed by atoms with Crippen LogP contribution in [0.2, 0.25) is 0 Å². The van der Waals surface area contributed by atoms with Crippen molar-refractivity contribution in [3.05, 3.63) is 243 Å². The molecule has 8 aromatic rings. The van der Waals surface area contributed by atoms with E-state index in [-0.39, 0.29) is 48.2 Å². The van der Waals surface area contributed by atoms with E-state index in [0.29, 0.717) is 97.9 Å². The Morgan fingerprint density at radius 3 is 0.365 bits per heavy atom. The Hall–Kier alpha value is -12.3. The second-order valence-corrected chi connectivity index (χ2v) is 31.0. The van der Waals surface area contributed by atoms with Gasteiger partial charge in [-0.25, -0.2) is 38.4 Å². The van der Waals surface area contributed by atoms with E-state index in [1.807, 2.05) is 243 Å². The zero-order chi connectivity index (χ0) is 88.6. The highest BCUT2D eigenvalue weighted by molar-refractivity contribution is 5.93. The molecular formula is C96H136N22O8. The van der Waals surface area contributed by atoms with Crippen LogP contribution in [0.1, 0.15) is 89.9 Å². The van der Waals surface area contributed by atoms with Crippen molar-refractivity contribution in [1.82, 2.24) is 71.9 Å². The van der Waals surface area contributed by atoms with Crippen LogP contribution < -0.4 is 85.1 Å². The lowest BCUT2D eigenvalue weighted by Crippen LogP contribution is -2.38. The number of rotatable bonds is 61. The Labute approximate surface area is 745 Å².